The van der Waals surface area contributed by atoms with Gasteiger partial charge in [0.15, 0.2) is 0 Å². The highest BCUT2D eigenvalue weighted by atomic mass is 16.3. The van der Waals surface area contributed by atoms with Crippen LogP contribution in [0.2, 0.25) is 0 Å². The number of anilines is 1. The molecule has 7 nitrogen and oxygen atoms in total. The van der Waals surface area contributed by atoms with E-state index < -0.39 is 0 Å². The topological polar surface area (TPSA) is 88.3 Å². The average Bonchev–Trinajstić information content (AvgIpc) is 3.15. The molecule has 3 heterocycles. The number of carbonyl (C=O) groups excluding carboxylic acids is 2. The van der Waals surface area contributed by atoms with Crippen molar-refractivity contribution in [2.45, 2.75) is 33.1 Å². The maximum atomic E-state index is 12.5. The van der Waals surface area contributed by atoms with Crippen LogP contribution < -0.4 is 5.32 Å². The van der Waals surface area contributed by atoms with Gasteiger partial charge in [0, 0.05) is 30.8 Å². The van der Waals surface area contributed by atoms with Crippen molar-refractivity contribution >= 4 is 17.6 Å². The molecular weight excluding hydrogens is 320 g/mol. The lowest BCUT2D eigenvalue weighted by Gasteiger charge is -2.31. The number of hydrogen-bond donors (Lipinski definition) is 1. The molecule has 0 aromatic carbocycles. The van der Waals surface area contributed by atoms with E-state index in [4.69, 9.17) is 4.42 Å². The number of furan rings is 1. The van der Waals surface area contributed by atoms with Crippen molar-refractivity contribution in [2.75, 3.05) is 18.4 Å². The van der Waals surface area contributed by atoms with Crippen LogP contribution in [0.3, 0.4) is 0 Å². The predicted molar refractivity (Wildman–Crippen MR) is 92.1 cm³/mol. The number of nitrogens with one attached hydrogen (secondary N) is 1. The van der Waals surface area contributed by atoms with E-state index in [1.54, 1.807) is 11.0 Å². The first kappa shape index (κ1) is 17.1. The molecule has 132 valence electrons. The van der Waals surface area contributed by atoms with E-state index in [0.29, 0.717) is 43.1 Å². The summed E-state index contributed by atoms with van der Waals surface area (Å²) in [4.78, 5) is 35.1. The fraction of sp³-hybridized carbons (Fsp3) is 0.444. The predicted octanol–water partition coefficient (Wildman–Crippen LogP) is 2.43. The fourth-order valence-electron chi connectivity index (χ4n) is 3.02. The van der Waals surface area contributed by atoms with Gasteiger partial charge in [-0.1, -0.05) is 6.92 Å². The first-order chi connectivity index (χ1) is 12.1. The van der Waals surface area contributed by atoms with Crippen molar-refractivity contribution in [3.63, 3.8) is 0 Å². The molecule has 0 radical (unpaired) electrons. The van der Waals surface area contributed by atoms with E-state index in [0.717, 1.165) is 12.1 Å². The van der Waals surface area contributed by atoms with E-state index in [1.807, 2.05) is 19.9 Å². The van der Waals surface area contributed by atoms with E-state index in [9.17, 15) is 9.59 Å². The molecule has 1 N–H and O–H groups in total. The molecule has 1 saturated heterocycles. The van der Waals surface area contributed by atoms with E-state index in [1.165, 1.54) is 12.5 Å². The van der Waals surface area contributed by atoms with Gasteiger partial charge in [-0.15, -0.1) is 0 Å². The fourth-order valence-corrected chi connectivity index (χ4v) is 3.02. The zero-order valence-electron chi connectivity index (χ0n) is 14.5. The number of aryl methyl sites for hydroxylation is 2. The number of hydrogen-bond acceptors (Lipinski definition) is 5. The Morgan fingerprint density at radius 1 is 1.32 bits per heavy atom. The van der Waals surface area contributed by atoms with Crippen molar-refractivity contribution in [1.82, 2.24) is 14.9 Å². The molecule has 7 heteroatoms. The Morgan fingerprint density at radius 3 is 2.72 bits per heavy atom. The highest BCUT2D eigenvalue weighted by Gasteiger charge is 2.28. The van der Waals surface area contributed by atoms with Gasteiger partial charge in [0.1, 0.15) is 17.9 Å². The highest BCUT2D eigenvalue weighted by molar-refractivity contribution is 5.94. The van der Waals surface area contributed by atoms with Gasteiger partial charge in [-0.05, 0) is 32.3 Å². The summed E-state index contributed by atoms with van der Waals surface area (Å²) in [5.74, 6) is 0.984. The van der Waals surface area contributed by atoms with Crippen molar-refractivity contribution < 1.29 is 14.0 Å². The molecule has 1 aliphatic rings. The number of likely N-dealkylation sites (tertiary alicyclic amines) is 1. The second-order valence-corrected chi connectivity index (χ2v) is 6.21. The minimum absolute atomic E-state index is 0.0458. The monoisotopic (exact) mass is 342 g/mol. The number of amides is 2. The van der Waals surface area contributed by atoms with Crippen LogP contribution in [-0.2, 0) is 11.2 Å². The highest BCUT2D eigenvalue weighted by Crippen LogP contribution is 2.21. The second-order valence-electron chi connectivity index (χ2n) is 6.21. The first-order valence-corrected chi connectivity index (χ1v) is 8.53. The van der Waals surface area contributed by atoms with E-state index in [-0.39, 0.29) is 17.7 Å². The average molecular weight is 342 g/mol. The SMILES string of the molecule is CCc1cc(NC(=O)C2CCN(C(=O)c3ccoc3)CC2)nc(C)n1. The maximum Gasteiger partial charge on any atom is 0.257 e. The third-order valence-corrected chi connectivity index (χ3v) is 4.43. The summed E-state index contributed by atoms with van der Waals surface area (Å²) in [6.07, 6.45) is 5.01. The normalized spacial score (nSPS) is 15.2. The van der Waals surface area contributed by atoms with Crippen molar-refractivity contribution in [2.24, 2.45) is 5.92 Å². The number of nitrogens with zero attached hydrogens (tertiary/aromatic N) is 3. The lowest BCUT2D eigenvalue weighted by molar-refractivity contribution is -0.121. The summed E-state index contributed by atoms with van der Waals surface area (Å²) in [5.41, 5.74) is 1.45. The lowest BCUT2D eigenvalue weighted by atomic mass is 9.95. The van der Waals surface area contributed by atoms with Gasteiger partial charge >= 0.3 is 0 Å². The van der Waals surface area contributed by atoms with Gasteiger partial charge in [-0.25, -0.2) is 9.97 Å². The van der Waals surface area contributed by atoms with Crippen molar-refractivity contribution in [3.8, 4) is 0 Å². The molecule has 2 amide bonds. The van der Waals surface area contributed by atoms with E-state index in [2.05, 4.69) is 15.3 Å². The molecule has 0 aliphatic carbocycles. The summed E-state index contributed by atoms with van der Waals surface area (Å²) in [6.45, 7) is 4.95. The largest absolute Gasteiger partial charge is 0.472 e. The Labute approximate surface area is 146 Å². The number of rotatable bonds is 4. The Morgan fingerprint density at radius 2 is 2.08 bits per heavy atom. The van der Waals surface area contributed by atoms with Gasteiger partial charge in [0.2, 0.25) is 5.91 Å². The summed E-state index contributed by atoms with van der Waals surface area (Å²) in [5, 5.41) is 2.89. The van der Waals surface area contributed by atoms with Gasteiger partial charge in [-0.2, -0.15) is 0 Å². The number of carbonyl (C=O) groups is 2. The molecule has 1 fully saturated rings. The summed E-state index contributed by atoms with van der Waals surface area (Å²) in [7, 11) is 0. The second kappa shape index (κ2) is 7.46. The molecule has 0 spiro atoms. The Balaban J connectivity index is 1.57. The molecule has 0 atom stereocenters. The quantitative estimate of drug-likeness (QED) is 0.922. The van der Waals surface area contributed by atoms with Crippen LogP contribution in [0.5, 0.6) is 0 Å². The minimum Gasteiger partial charge on any atom is -0.472 e. The molecule has 2 aromatic heterocycles. The Hall–Kier alpha value is -2.70. The molecule has 0 unspecified atom stereocenters. The van der Waals surface area contributed by atoms with Gasteiger partial charge in [0.05, 0.1) is 11.8 Å². The maximum absolute atomic E-state index is 12.5. The Bertz CT molecular complexity index is 750. The third-order valence-electron chi connectivity index (χ3n) is 4.43. The third kappa shape index (κ3) is 4.04. The summed E-state index contributed by atoms with van der Waals surface area (Å²) < 4.78 is 4.96. The molecule has 1 aliphatic heterocycles. The summed E-state index contributed by atoms with van der Waals surface area (Å²) in [6, 6.07) is 3.46. The van der Waals surface area contributed by atoms with Crippen LogP contribution in [0.4, 0.5) is 5.82 Å². The molecule has 3 rings (SSSR count). The minimum atomic E-state index is -0.117. The molecule has 0 saturated carbocycles. The van der Waals surface area contributed by atoms with Crippen LogP contribution >= 0.6 is 0 Å². The zero-order chi connectivity index (χ0) is 17.8. The summed E-state index contributed by atoms with van der Waals surface area (Å²) >= 11 is 0. The zero-order valence-corrected chi connectivity index (χ0v) is 14.5. The van der Waals surface area contributed by atoms with Crippen molar-refractivity contribution in [1.29, 1.82) is 0 Å². The first-order valence-electron chi connectivity index (χ1n) is 8.53. The Kier molecular flexibility index (Phi) is 5.11. The van der Waals surface area contributed by atoms with Crippen LogP contribution in [-0.4, -0.2) is 39.8 Å². The molecule has 2 aromatic rings. The smallest absolute Gasteiger partial charge is 0.257 e. The van der Waals surface area contributed by atoms with Crippen LogP contribution in [0.25, 0.3) is 0 Å². The van der Waals surface area contributed by atoms with Crippen LogP contribution in [0.1, 0.15) is 41.6 Å². The van der Waals surface area contributed by atoms with Gasteiger partial charge in [-0.3, -0.25) is 9.59 Å². The van der Waals surface area contributed by atoms with Crippen LogP contribution in [0.15, 0.2) is 29.1 Å². The van der Waals surface area contributed by atoms with Gasteiger partial charge in [0.25, 0.3) is 5.91 Å². The molecular formula is C18H22N4O3. The van der Waals surface area contributed by atoms with E-state index >= 15 is 0 Å². The lowest BCUT2D eigenvalue weighted by Crippen LogP contribution is -2.41. The molecule has 0 bridgehead atoms. The standard InChI is InChI=1S/C18H22N4O3/c1-3-15-10-16(20-12(2)19-15)21-17(23)13-4-7-22(8-5-13)18(24)14-6-9-25-11-14/h6,9-11,13H,3-5,7-8H2,1-2H3,(H,19,20,21,23). The molecule has 25 heavy (non-hydrogen) atoms. The van der Waals surface area contributed by atoms with Crippen molar-refractivity contribution in [3.05, 3.63) is 41.7 Å². The number of aromatic nitrogens is 2. The van der Waals surface area contributed by atoms with Crippen LogP contribution in [0, 0.1) is 12.8 Å². The van der Waals surface area contributed by atoms with Gasteiger partial charge < -0.3 is 14.6 Å². The number of piperidine rings is 1.